The number of fused-ring (bicyclic) bond motifs is 1. The molecule has 1 aliphatic heterocycles. The molecule has 1 amide bonds. The summed E-state index contributed by atoms with van der Waals surface area (Å²) in [5, 5.41) is 14.4. The molecule has 0 spiro atoms. The molecule has 0 fully saturated rings. The van der Waals surface area contributed by atoms with Crippen LogP contribution in [-0.2, 0) is 11.2 Å². The summed E-state index contributed by atoms with van der Waals surface area (Å²) in [6.45, 7) is 1.96. The van der Waals surface area contributed by atoms with Gasteiger partial charge in [0, 0.05) is 17.4 Å². The van der Waals surface area contributed by atoms with Crippen LogP contribution < -0.4 is 11.1 Å². The summed E-state index contributed by atoms with van der Waals surface area (Å²) < 4.78 is 0. The standard InChI is InChI=1S/C14H19N3O2S/c1-2-10(8-13(15)17-19)16-14(18)12-7-9-5-3-4-6-11(9)20-12/h3-6,10,12,19H,2,7-8H2,1H3,(H2,15,17)(H,16,18). The molecule has 1 aromatic rings. The van der Waals surface area contributed by atoms with Crippen LogP contribution in [0.15, 0.2) is 34.3 Å². The van der Waals surface area contributed by atoms with Crippen molar-refractivity contribution in [2.45, 2.75) is 42.4 Å². The number of rotatable bonds is 5. The van der Waals surface area contributed by atoms with Gasteiger partial charge in [0.25, 0.3) is 0 Å². The lowest BCUT2D eigenvalue weighted by molar-refractivity contribution is -0.121. The second-order valence-corrected chi connectivity index (χ2v) is 6.07. The van der Waals surface area contributed by atoms with E-state index < -0.39 is 0 Å². The quantitative estimate of drug-likeness (QED) is 0.334. The third-order valence-corrected chi connectivity index (χ3v) is 4.68. The molecular weight excluding hydrogens is 274 g/mol. The highest BCUT2D eigenvalue weighted by molar-refractivity contribution is 8.01. The van der Waals surface area contributed by atoms with Crippen molar-refractivity contribution in [3.63, 3.8) is 0 Å². The van der Waals surface area contributed by atoms with Crippen molar-refractivity contribution < 1.29 is 10.0 Å². The molecular formula is C14H19N3O2S. The van der Waals surface area contributed by atoms with Crippen LogP contribution in [0.4, 0.5) is 0 Å². The molecule has 0 saturated carbocycles. The van der Waals surface area contributed by atoms with Gasteiger partial charge in [0.15, 0.2) is 0 Å². The molecule has 2 rings (SSSR count). The third-order valence-electron chi connectivity index (χ3n) is 3.36. The summed E-state index contributed by atoms with van der Waals surface area (Å²) in [6, 6.07) is 7.99. The van der Waals surface area contributed by atoms with Crippen LogP contribution in [0.3, 0.4) is 0 Å². The van der Waals surface area contributed by atoms with Gasteiger partial charge < -0.3 is 16.3 Å². The number of amidine groups is 1. The Morgan fingerprint density at radius 3 is 3.00 bits per heavy atom. The molecule has 5 nitrogen and oxygen atoms in total. The topological polar surface area (TPSA) is 87.7 Å². The highest BCUT2D eigenvalue weighted by Crippen LogP contribution is 2.36. The van der Waals surface area contributed by atoms with Gasteiger partial charge in [-0.1, -0.05) is 30.3 Å². The minimum absolute atomic E-state index is 0.0174. The van der Waals surface area contributed by atoms with Crippen LogP contribution in [0.2, 0.25) is 0 Å². The maximum absolute atomic E-state index is 12.3. The predicted octanol–water partition coefficient (Wildman–Crippen LogP) is 1.73. The molecule has 2 unspecified atom stereocenters. The van der Waals surface area contributed by atoms with Gasteiger partial charge in [-0.25, -0.2) is 0 Å². The Morgan fingerprint density at radius 1 is 1.60 bits per heavy atom. The second-order valence-electron chi connectivity index (χ2n) is 4.83. The molecule has 20 heavy (non-hydrogen) atoms. The van der Waals surface area contributed by atoms with E-state index in [1.807, 2.05) is 25.1 Å². The van der Waals surface area contributed by atoms with Gasteiger partial charge >= 0.3 is 0 Å². The fourth-order valence-electron chi connectivity index (χ4n) is 2.21. The molecule has 0 bridgehead atoms. The minimum Gasteiger partial charge on any atom is -0.409 e. The summed E-state index contributed by atoms with van der Waals surface area (Å²) in [4.78, 5) is 13.5. The van der Waals surface area contributed by atoms with E-state index in [4.69, 9.17) is 10.9 Å². The number of carbonyl (C=O) groups excluding carboxylic acids is 1. The zero-order valence-electron chi connectivity index (χ0n) is 11.4. The SMILES string of the molecule is CCC(CC(N)=NO)NC(=O)C1Cc2ccccc2S1. The van der Waals surface area contributed by atoms with Crippen molar-refractivity contribution >= 4 is 23.5 Å². The van der Waals surface area contributed by atoms with Crippen LogP contribution in [0.25, 0.3) is 0 Å². The monoisotopic (exact) mass is 293 g/mol. The van der Waals surface area contributed by atoms with Crippen molar-refractivity contribution in [2.75, 3.05) is 0 Å². The molecule has 1 aromatic carbocycles. The van der Waals surface area contributed by atoms with Crippen LogP contribution in [0, 0.1) is 0 Å². The van der Waals surface area contributed by atoms with Gasteiger partial charge in [0.2, 0.25) is 5.91 Å². The zero-order valence-corrected chi connectivity index (χ0v) is 12.2. The Kier molecular flexibility index (Phi) is 4.89. The van der Waals surface area contributed by atoms with Crippen LogP contribution >= 0.6 is 11.8 Å². The number of hydrogen-bond acceptors (Lipinski definition) is 4. The van der Waals surface area contributed by atoms with Crippen molar-refractivity contribution in [1.82, 2.24) is 5.32 Å². The first-order chi connectivity index (χ1) is 9.63. The number of nitrogens with one attached hydrogen (secondary N) is 1. The van der Waals surface area contributed by atoms with E-state index in [2.05, 4.69) is 16.5 Å². The van der Waals surface area contributed by atoms with E-state index in [9.17, 15) is 4.79 Å². The predicted molar refractivity (Wildman–Crippen MR) is 80.0 cm³/mol. The molecule has 2 atom stereocenters. The number of carbonyl (C=O) groups is 1. The van der Waals surface area contributed by atoms with Crippen molar-refractivity contribution in [3.8, 4) is 0 Å². The highest BCUT2D eigenvalue weighted by atomic mass is 32.2. The molecule has 6 heteroatoms. The lowest BCUT2D eigenvalue weighted by Crippen LogP contribution is -2.41. The van der Waals surface area contributed by atoms with Crippen molar-refractivity contribution in [3.05, 3.63) is 29.8 Å². The van der Waals surface area contributed by atoms with Gasteiger partial charge in [-0.2, -0.15) is 0 Å². The van der Waals surface area contributed by atoms with Gasteiger partial charge in [-0.15, -0.1) is 11.8 Å². The first kappa shape index (κ1) is 14.7. The summed E-state index contributed by atoms with van der Waals surface area (Å²) in [6.07, 6.45) is 1.86. The Labute approximate surface area is 122 Å². The van der Waals surface area contributed by atoms with Gasteiger partial charge in [0.05, 0.1) is 5.25 Å². The Morgan fingerprint density at radius 2 is 2.35 bits per heavy atom. The van der Waals surface area contributed by atoms with Gasteiger partial charge in [-0.05, 0) is 24.5 Å². The summed E-state index contributed by atoms with van der Waals surface area (Å²) in [5.41, 5.74) is 6.72. The highest BCUT2D eigenvalue weighted by Gasteiger charge is 2.29. The van der Waals surface area contributed by atoms with Crippen LogP contribution in [0.1, 0.15) is 25.3 Å². The minimum atomic E-state index is -0.0947. The molecule has 1 aliphatic rings. The van der Waals surface area contributed by atoms with E-state index in [0.29, 0.717) is 6.42 Å². The number of nitrogens with zero attached hydrogens (tertiary/aromatic N) is 1. The molecule has 0 aliphatic carbocycles. The zero-order chi connectivity index (χ0) is 14.5. The van der Waals surface area contributed by atoms with E-state index in [1.54, 1.807) is 11.8 Å². The smallest absolute Gasteiger partial charge is 0.234 e. The van der Waals surface area contributed by atoms with Gasteiger partial charge in [-0.3, -0.25) is 4.79 Å². The molecule has 1 heterocycles. The molecule has 108 valence electrons. The van der Waals surface area contributed by atoms with Crippen molar-refractivity contribution in [1.29, 1.82) is 0 Å². The molecule has 0 saturated heterocycles. The normalized spacial score (nSPS) is 19.4. The summed E-state index contributed by atoms with van der Waals surface area (Å²) in [7, 11) is 0. The van der Waals surface area contributed by atoms with Gasteiger partial charge in [0.1, 0.15) is 5.84 Å². The number of oxime groups is 1. The van der Waals surface area contributed by atoms with E-state index in [1.165, 1.54) is 10.5 Å². The summed E-state index contributed by atoms with van der Waals surface area (Å²) in [5.74, 6) is 0.156. The number of hydrogen-bond donors (Lipinski definition) is 3. The molecule has 4 N–H and O–H groups in total. The Bertz CT molecular complexity index is 494. The third kappa shape index (κ3) is 3.45. The lowest BCUT2D eigenvalue weighted by atomic mass is 10.1. The Balaban J connectivity index is 1.93. The first-order valence-corrected chi connectivity index (χ1v) is 7.53. The molecule has 0 aromatic heterocycles. The number of thioether (sulfide) groups is 1. The van der Waals surface area contributed by atoms with E-state index in [-0.39, 0.29) is 23.0 Å². The average Bonchev–Trinajstić information content (AvgIpc) is 2.90. The fourth-order valence-corrected chi connectivity index (χ4v) is 3.42. The van der Waals surface area contributed by atoms with Crippen LogP contribution in [-0.4, -0.2) is 28.2 Å². The molecule has 0 radical (unpaired) electrons. The number of amides is 1. The Hall–Kier alpha value is -1.69. The maximum atomic E-state index is 12.3. The maximum Gasteiger partial charge on any atom is 0.234 e. The van der Waals surface area contributed by atoms with Crippen molar-refractivity contribution in [2.24, 2.45) is 10.9 Å². The average molecular weight is 293 g/mol. The van der Waals surface area contributed by atoms with E-state index in [0.717, 1.165) is 12.8 Å². The first-order valence-electron chi connectivity index (χ1n) is 6.65. The summed E-state index contributed by atoms with van der Waals surface area (Å²) >= 11 is 1.60. The number of benzene rings is 1. The lowest BCUT2D eigenvalue weighted by Gasteiger charge is -2.18. The number of nitrogens with two attached hydrogens (primary N) is 1. The second kappa shape index (κ2) is 6.65. The van der Waals surface area contributed by atoms with E-state index >= 15 is 0 Å². The van der Waals surface area contributed by atoms with Crippen LogP contribution in [0.5, 0.6) is 0 Å². The fraction of sp³-hybridized carbons (Fsp3) is 0.429. The largest absolute Gasteiger partial charge is 0.409 e.